The molecule has 2 aromatic carbocycles. The smallest absolute Gasteiger partial charge is 0.243 e. The first-order chi connectivity index (χ1) is 9.95. The summed E-state index contributed by atoms with van der Waals surface area (Å²) in [4.78, 5) is 8.34. The van der Waals surface area contributed by atoms with Crippen molar-refractivity contribution in [3.05, 3.63) is 59.2 Å². The third-order valence-electron chi connectivity index (χ3n) is 3.00. The van der Waals surface area contributed by atoms with Crippen LogP contribution in [-0.2, 0) is 6.18 Å². The van der Waals surface area contributed by atoms with E-state index < -0.39 is 11.7 Å². The van der Waals surface area contributed by atoms with E-state index in [0.717, 1.165) is 17.7 Å². The average molecular weight is 309 g/mol. The number of hydrogen-bond acceptors (Lipinski definition) is 2. The van der Waals surface area contributed by atoms with Crippen LogP contribution in [0.4, 0.5) is 13.2 Å². The van der Waals surface area contributed by atoms with E-state index in [1.807, 2.05) is 30.3 Å². The lowest BCUT2D eigenvalue weighted by atomic mass is 10.1. The molecular formula is C15H8ClF3N2. The lowest BCUT2D eigenvalue weighted by Gasteiger charge is -2.09. The minimum atomic E-state index is -4.42. The van der Waals surface area contributed by atoms with E-state index in [9.17, 15) is 13.2 Å². The van der Waals surface area contributed by atoms with Gasteiger partial charge in [-0.25, -0.2) is 9.97 Å². The molecule has 0 aliphatic carbocycles. The van der Waals surface area contributed by atoms with E-state index in [0.29, 0.717) is 11.2 Å². The number of halogens is 4. The van der Waals surface area contributed by atoms with Gasteiger partial charge in [-0.1, -0.05) is 41.9 Å². The van der Waals surface area contributed by atoms with Gasteiger partial charge in [0.05, 0.1) is 16.6 Å². The van der Waals surface area contributed by atoms with Crippen molar-refractivity contribution in [1.82, 2.24) is 9.97 Å². The molecule has 3 rings (SSSR count). The van der Waals surface area contributed by atoms with E-state index in [-0.39, 0.29) is 10.7 Å². The van der Waals surface area contributed by atoms with Gasteiger partial charge in [0.1, 0.15) is 5.69 Å². The molecule has 0 bridgehead atoms. The van der Waals surface area contributed by atoms with Crippen molar-refractivity contribution < 1.29 is 13.2 Å². The highest BCUT2D eigenvalue weighted by Crippen LogP contribution is 2.32. The largest absolute Gasteiger partial charge is 0.416 e. The molecule has 0 aliphatic rings. The Hall–Kier alpha value is -2.14. The van der Waals surface area contributed by atoms with Gasteiger partial charge in [0.25, 0.3) is 0 Å². The maximum atomic E-state index is 12.7. The van der Waals surface area contributed by atoms with Crippen LogP contribution in [-0.4, -0.2) is 9.97 Å². The van der Waals surface area contributed by atoms with Crippen molar-refractivity contribution in [1.29, 1.82) is 0 Å². The summed E-state index contributed by atoms with van der Waals surface area (Å²) in [5, 5.41) is 0.0769. The topological polar surface area (TPSA) is 25.8 Å². The van der Waals surface area contributed by atoms with E-state index in [1.165, 1.54) is 6.07 Å². The van der Waals surface area contributed by atoms with Crippen molar-refractivity contribution >= 4 is 22.6 Å². The summed E-state index contributed by atoms with van der Waals surface area (Å²) in [6, 6.07) is 12.4. The van der Waals surface area contributed by atoms with Crippen LogP contribution in [0, 0.1) is 0 Å². The predicted molar refractivity (Wildman–Crippen MR) is 75.0 cm³/mol. The maximum absolute atomic E-state index is 12.7. The minimum absolute atomic E-state index is 0.0769. The number of benzene rings is 2. The molecule has 0 amide bonds. The molecule has 2 nitrogen and oxygen atoms in total. The summed E-state index contributed by atoms with van der Waals surface area (Å²) in [5.74, 6) is 0. The van der Waals surface area contributed by atoms with E-state index >= 15 is 0 Å². The minimum Gasteiger partial charge on any atom is -0.243 e. The molecule has 0 aliphatic heterocycles. The van der Waals surface area contributed by atoms with Crippen LogP contribution < -0.4 is 0 Å². The first-order valence-electron chi connectivity index (χ1n) is 6.05. The van der Waals surface area contributed by atoms with Gasteiger partial charge in [-0.05, 0) is 18.2 Å². The van der Waals surface area contributed by atoms with E-state index in [2.05, 4.69) is 9.97 Å². The number of hydrogen-bond donors (Lipinski definition) is 0. The molecule has 0 spiro atoms. The van der Waals surface area contributed by atoms with Crippen molar-refractivity contribution in [2.45, 2.75) is 6.18 Å². The normalized spacial score (nSPS) is 11.8. The van der Waals surface area contributed by atoms with Gasteiger partial charge >= 0.3 is 6.18 Å². The molecule has 0 N–H and O–H groups in total. The third kappa shape index (κ3) is 2.69. The van der Waals surface area contributed by atoms with Crippen molar-refractivity contribution in [3.8, 4) is 11.3 Å². The van der Waals surface area contributed by atoms with Gasteiger partial charge in [0, 0.05) is 5.56 Å². The highest BCUT2D eigenvalue weighted by molar-refractivity contribution is 6.32. The molecule has 0 saturated heterocycles. The average Bonchev–Trinajstić information content (AvgIpc) is 2.46. The lowest BCUT2D eigenvalue weighted by Crippen LogP contribution is -2.05. The fourth-order valence-electron chi connectivity index (χ4n) is 1.99. The zero-order valence-corrected chi connectivity index (χ0v) is 11.3. The van der Waals surface area contributed by atoms with Gasteiger partial charge in [-0.2, -0.15) is 13.2 Å². The molecule has 0 unspecified atom stereocenters. The van der Waals surface area contributed by atoms with E-state index in [4.69, 9.17) is 11.6 Å². The Kier molecular flexibility index (Phi) is 3.29. The van der Waals surface area contributed by atoms with Crippen molar-refractivity contribution in [2.75, 3.05) is 0 Å². The Bertz CT molecular complexity index is 801. The van der Waals surface area contributed by atoms with Crippen LogP contribution >= 0.6 is 11.6 Å². The molecule has 1 heterocycles. The third-order valence-corrected chi connectivity index (χ3v) is 3.26. The van der Waals surface area contributed by atoms with E-state index in [1.54, 1.807) is 0 Å². The summed E-state index contributed by atoms with van der Waals surface area (Å²) in [5.41, 5.74) is 0.926. The number of nitrogens with zero attached hydrogens (tertiary/aromatic N) is 2. The molecule has 1 aromatic heterocycles. The standard InChI is InChI=1S/C15H8ClF3N2/c16-14-13(9-4-2-1-3-5-9)20-11-7-6-10(15(17,18)19)8-12(11)21-14/h1-8H. The molecule has 0 radical (unpaired) electrons. The second kappa shape index (κ2) is 5.00. The molecule has 106 valence electrons. The van der Waals surface area contributed by atoms with Crippen LogP contribution in [0.2, 0.25) is 5.15 Å². The van der Waals surface area contributed by atoms with Crippen molar-refractivity contribution in [3.63, 3.8) is 0 Å². The van der Waals surface area contributed by atoms with Gasteiger partial charge in [-0.3, -0.25) is 0 Å². The highest BCUT2D eigenvalue weighted by Gasteiger charge is 2.30. The summed E-state index contributed by atoms with van der Waals surface area (Å²) < 4.78 is 38.0. The summed E-state index contributed by atoms with van der Waals surface area (Å²) in [6.07, 6.45) is -4.42. The Morgan fingerprint density at radius 1 is 0.857 bits per heavy atom. The number of fused-ring (bicyclic) bond motifs is 1. The fraction of sp³-hybridized carbons (Fsp3) is 0.0667. The van der Waals surface area contributed by atoms with Gasteiger partial charge in [-0.15, -0.1) is 0 Å². The highest BCUT2D eigenvalue weighted by atomic mass is 35.5. The Morgan fingerprint density at radius 2 is 1.57 bits per heavy atom. The van der Waals surface area contributed by atoms with Crippen LogP contribution in [0.5, 0.6) is 0 Å². The van der Waals surface area contributed by atoms with Crippen LogP contribution in [0.3, 0.4) is 0 Å². The molecule has 21 heavy (non-hydrogen) atoms. The molecule has 6 heteroatoms. The summed E-state index contributed by atoms with van der Waals surface area (Å²) in [7, 11) is 0. The zero-order chi connectivity index (χ0) is 15.0. The van der Waals surface area contributed by atoms with Gasteiger partial charge in [0.15, 0.2) is 5.15 Å². The second-order valence-corrected chi connectivity index (χ2v) is 4.79. The van der Waals surface area contributed by atoms with Gasteiger partial charge in [0.2, 0.25) is 0 Å². The number of alkyl halides is 3. The molecule has 0 fully saturated rings. The monoisotopic (exact) mass is 308 g/mol. The first kappa shape index (κ1) is 13.8. The lowest BCUT2D eigenvalue weighted by molar-refractivity contribution is -0.137. The molecule has 0 saturated carbocycles. The Morgan fingerprint density at radius 3 is 2.24 bits per heavy atom. The van der Waals surface area contributed by atoms with Crippen molar-refractivity contribution in [2.24, 2.45) is 0 Å². The van der Waals surface area contributed by atoms with Gasteiger partial charge < -0.3 is 0 Å². The quantitative estimate of drug-likeness (QED) is 0.634. The second-order valence-electron chi connectivity index (χ2n) is 4.43. The number of aromatic nitrogens is 2. The summed E-state index contributed by atoms with van der Waals surface area (Å²) in [6.45, 7) is 0. The SMILES string of the molecule is FC(F)(F)c1ccc2nc(-c3ccccc3)c(Cl)nc2c1. The van der Waals surface area contributed by atoms with Crippen LogP contribution in [0.1, 0.15) is 5.56 Å². The Labute approximate surface area is 123 Å². The van der Waals surface area contributed by atoms with Crippen LogP contribution in [0.15, 0.2) is 48.5 Å². The Balaban J connectivity index is 2.18. The first-order valence-corrected chi connectivity index (χ1v) is 6.43. The maximum Gasteiger partial charge on any atom is 0.416 e. The zero-order valence-electron chi connectivity index (χ0n) is 10.5. The molecule has 3 aromatic rings. The fourth-order valence-corrected chi connectivity index (χ4v) is 2.23. The summed E-state index contributed by atoms with van der Waals surface area (Å²) >= 11 is 6.05. The van der Waals surface area contributed by atoms with Crippen LogP contribution in [0.25, 0.3) is 22.3 Å². The molecular weight excluding hydrogens is 301 g/mol. The predicted octanol–water partition coefficient (Wildman–Crippen LogP) is 4.97. The molecule has 0 atom stereocenters. The number of rotatable bonds is 1.